The molecule has 1 aliphatic rings. The molecule has 0 bridgehead atoms. The molecule has 0 unspecified atom stereocenters. The Kier molecular flexibility index (Phi) is 6.51. The highest BCUT2D eigenvalue weighted by Gasteiger charge is 2.46. The number of benzene rings is 2. The zero-order chi connectivity index (χ0) is 25.2. The highest BCUT2D eigenvalue weighted by atomic mass is 16.5. The first-order chi connectivity index (χ1) is 17.4. The van der Waals surface area contributed by atoms with Crippen molar-refractivity contribution in [1.82, 2.24) is 24.5 Å². The fourth-order valence-corrected chi connectivity index (χ4v) is 4.23. The zero-order valence-electron chi connectivity index (χ0n) is 19.4. The third-order valence-corrected chi connectivity index (χ3v) is 6.15. The van der Waals surface area contributed by atoms with Gasteiger partial charge in [-0.05, 0) is 30.2 Å². The predicted molar refractivity (Wildman–Crippen MR) is 128 cm³/mol. The molecule has 0 aliphatic carbocycles. The molecular weight excluding hydrogens is 466 g/mol. The van der Waals surface area contributed by atoms with Crippen molar-refractivity contribution in [1.29, 1.82) is 0 Å². The summed E-state index contributed by atoms with van der Waals surface area (Å²) in [6, 6.07) is 16.8. The standard InChI is InChI=1S/C25H25N5O6/c1-15-11-29(25(34)26-23(15)33)24-21(22(32)20(13-31)36-24)30-12-18(27-28-30)14-35-19-9-7-17(8-10-19)16-5-3-2-4-6-16/h2-12,20-22,24,31-32H,13-14H2,1H3,(H,26,33,34)/t20-,21-,22-,24-/m1/s1. The van der Waals surface area contributed by atoms with Gasteiger partial charge in [0.2, 0.25) is 0 Å². The number of ether oxygens (including phenoxy) is 2. The quantitative estimate of drug-likeness (QED) is 0.350. The molecule has 1 aliphatic heterocycles. The summed E-state index contributed by atoms with van der Waals surface area (Å²) in [7, 11) is 0. The third kappa shape index (κ3) is 4.59. The molecule has 5 rings (SSSR count). The fourth-order valence-electron chi connectivity index (χ4n) is 4.23. The average molecular weight is 492 g/mol. The predicted octanol–water partition coefficient (Wildman–Crippen LogP) is 1.17. The Morgan fingerprint density at radius 1 is 1.06 bits per heavy atom. The molecule has 3 heterocycles. The van der Waals surface area contributed by atoms with E-state index in [9.17, 15) is 19.8 Å². The molecule has 3 N–H and O–H groups in total. The van der Waals surface area contributed by atoms with Crippen LogP contribution in [0.3, 0.4) is 0 Å². The summed E-state index contributed by atoms with van der Waals surface area (Å²) in [6.07, 6.45) is -0.218. The van der Waals surface area contributed by atoms with E-state index in [0.29, 0.717) is 17.0 Å². The second-order valence-electron chi connectivity index (χ2n) is 8.58. The van der Waals surface area contributed by atoms with E-state index in [1.54, 1.807) is 13.1 Å². The number of H-pyrrole nitrogens is 1. The van der Waals surface area contributed by atoms with Crippen LogP contribution in [0.5, 0.6) is 5.75 Å². The van der Waals surface area contributed by atoms with Crippen molar-refractivity contribution < 1.29 is 19.7 Å². The molecule has 4 aromatic rings. The number of aliphatic hydroxyl groups excluding tert-OH is 2. The van der Waals surface area contributed by atoms with Crippen molar-refractivity contribution in [2.24, 2.45) is 0 Å². The van der Waals surface area contributed by atoms with Gasteiger partial charge in [0, 0.05) is 11.8 Å². The zero-order valence-corrected chi connectivity index (χ0v) is 19.4. The summed E-state index contributed by atoms with van der Waals surface area (Å²) in [5.41, 5.74) is 1.75. The van der Waals surface area contributed by atoms with Gasteiger partial charge in [0.25, 0.3) is 5.56 Å². The molecule has 11 heteroatoms. The van der Waals surface area contributed by atoms with E-state index in [-0.39, 0.29) is 6.61 Å². The van der Waals surface area contributed by atoms with Crippen LogP contribution in [0.25, 0.3) is 11.1 Å². The number of aliphatic hydroxyl groups is 2. The Morgan fingerprint density at radius 2 is 1.78 bits per heavy atom. The van der Waals surface area contributed by atoms with E-state index in [1.807, 2.05) is 54.6 Å². The van der Waals surface area contributed by atoms with Crippen LogP contribution >= 0.6 is 0 Å². The SMILES string of the molecule is Cc1cn([C@@H]2O[C@H](CO)[C@@H](O)[C@H]2n2cc(COc3ccc(-c4ccccc4)cc3)nn2)c(=O)[nH]c1=O. The first-order valence-corrected chi connectivity index (χ1v) is 11.4. The van der Waals surface area contributed by atoms with Gasteiger partial charge in [-0.1, -0.05) is 47.7 Å². The Morgan fingerprint density at radius 3 is 2.50 bits per heavy atom. The van der Waals surface area contributed by atoms with Crippen molar-refractivity contribution in [3.63, 3.8) is 0 Å². The monoisotopic (exact) mass is 491 g/mol. The minimum atomic E-state index is -1.18. The number of nitrogens with zero attached hydrogens (tertiary/aromatic N) is 4. The van der Waals surface area contributed by atoms with Gasteiger partial charge >= 0.3 is 5.69 Å². The summed E-state index contributed by atoms with van der Waals surface area (Å²) >= 11 is 0. The van der Waals surface area contributed by atoms with E-state index in [0.717, 1.165) is 11.1 Å². The van der Waals surface area contributed by atoms with Crippen LogP contribution in [0.2, 0.25) is 0 Å². The third-order valence-electron chi connectivity index (χ3n) is 6.15. The van der Waals surface area contributed by atoms with Crippen LogP contribution < -0.4 is 16.0 Å². The van der Waals surface area contributed by atoms with Gasteiger partial charge < -0.3 is 19.7 Å². The number of hydrogen-bond donors (Lipinski definition) is 3. The lowest BCUT2D eigenvalue weighted by atomic mass is 10.1. The van der Waals surface area contributed by atoms with E-state index in [4.69, 9.17) is 9.47 Å². The van der Waals surface area contributed by atoms with Gasteiger partial charge in [-0.2, -0.15) is 0 Å². The molecule has 1 saturated heterocycles. The average Bonchev–Trinajstić information content (AvgIpc) is 3.49. The minimum Gasteiger partial charge on any atom is -0.487 e. The summed E-state index contributed by atoms with van der Waals surface area (Å²) in [4.78, 5) is 26.5. The summed E-state index contributed by atoms with van der Waals surface area (Å²) in [5, 5.41) is 28.7. The molecule has 0 amide bonds. The van der Waals surface area contributed by atoms with E-state index in [1.165, 1.54) is 15.4 Å². The largest absolute Gasteiger partial charge is 0.487 e. The van der Waals surface area contributed by atoms with Crippen molar-refractivity contribution in [2.45, 2.75) is 38.0 Å². The van der Waals surface area contributed by atoms with Gasteiger partial charge in [0.15, 0.2) is 6.23 Å². The van der Waals surface area contributed by atoms with Crippen LogP contribution in [-0.4, -0.2) is 53.6 Å². The second kappa shape index (κ2) is 9.90. The number of hydrogen-bond acceptors (Lipinski definition) is 8. The van der Waals surface area contributed by atoms with Gasteiger partial charge in [0.05, 0.1) is 12.8 Å². The molecule has 0 radical (unpaired) electrons. The van der Waals surface area contributed by atoms with Gasteiger partial charge in [0.1, 0.15) is 36.3 Å². The van der Waals surface area contributed by atoms with Crippen molar-refractivity contribution in [3.8, 4) is 16.9 Å². The summed E-state index contributed by atoms with van der Waals surface area (Å²) in [5.74, 6) is 0.655. The first kappa shape index (κ1) is 23.7. The Hall–Kier alpha value is -4.06. The molecule has 2 aromatic heterocycles. The van der Waals surface area contributed by atoms with Crippen LogP contribution in [0.15, 0.2) is 76.6 Å². The van der Waals surface area contributed by atoms with Gasteiger partial charge in [-0.25, -0.2) is 9.48 Å². The lowest BCUT2D eigenvalue weighted by Crippen LogP contribution is -2.37. The highest BCUT2D eigenvalue weighted by Crippen LogP contribution is 2.37. The maximum atomic E-state index is 12.5. The van der Waals surface area contributed by atoms with Crippen LogP contribution in [0.1, 0.15) is 23.5 Å². The van der Waals surface area contributed by atoms with Crippen molar-refractivity contribution in [3.05, 3.63) is 99.1 Å². The summed E-state index contributed by atoms with van der Waals surface area (Å²) < 4.78 is 14.2. The van der Waals surface area contributed by atoms with Gasteiger partial charge in [-0.15, -0.1) is 5.10 Å². The maximum Gasteiger partial charge on any atom is 0.330 e. The molecule has 0 spiro atoms. The number of aryl methyl sites for hydroxylation is 1. The molecule has 1 fully saturated rings. The molecule has 0 saturated carbocycles. The number of rotatable bonds is 7. The highest BCUT2D eigenvalue weighted by molar-refractivity contribution is 5.63. The smallest absolute Gasteiger partial charge is 0.330 e. The fraction of sp³-hybridized carbons (Fsp3) is 0.280. The molecule has 2 aromatic carbocycles. The normalized spacial score (nSPS) is 21.5. The lowest BCUT2D eigenvalue weighted by molar-refractivity contribution is -0.0480. The van der Waals surface area contributed by atoms with Gasteiger partial charge in [-0.3, -0.25) is 14.3 Å². The Balaban J connectivity index is 1.33. The Bertz CT molecular complexity index is 1450. The number of aromatic amines is 1. The number of nitrogens with one attached hydrogen (secondary N) is 1. The van der Waals surface area contributed by atoms with Crippen LogP contribution in [0, 0.1) is 6.92 Å². The van der Waals surface area contributed by atoms with Crippen molar-refractivity contribution >= 4 is 0 Å². The van der Waals surface area contributed by atoms with Crippen LogP contribution in [-0.2, 0) is 11.3 Å². The molecule has 186 valence electrons. The van der Waals surface area contributed by atoms with E-state index < -0.39 is 42.3 Å². The second-order valence-corrected chi connectivity index (χ2v) is 8.58. The number of aromatic nitrogens is 5. The van der Waals surface area contributed by atoms with Crippen LogP contribution in [0.4, 0.5) is 0 Å². The van der Waals surface area contributed by atoms with Crippen molar-refractivity contribution in [2.75, 3.05) is 6.61 Å². The maximum absolute atomic E-state index is 12.5. The molecular formula is C25H25N5O6. The summed E-state index contributed by atoms with van der Waals surface area (Å²) in [6.45, 7) is 1.21. The lowest BCUT2D eigenvalue weighted by Gasteiger charge is -2.21. The Labute approximate surface area is 205 Å². The topological polar surface area (TPSA) is 144 Å². The minimum absolute atomic E-state index is 0.125. The molecule has 11 nitrogen and oxygen atoms in total. The molecule has 36 heavy (non-hydrogen) atoms. The molecule has 4 atom stereocenters. The van der Waals surface area contributed by atoms with E-state index in [2.05, 4.69) is 15.3 Å². The first-order valence-electron chi connectivity index (χ1n) is 11.4. The van der Waals surface area contributed by atoms with E-state index >= 15 is 0 Å².